The normalized spacial score (nSPS) is 14.6. The second-order valence-electron chi connectivity index (χ2n) is 7.44. The van der Waals surface area contributed by atoms with Crippen molar-refractivity contribution in [2.75, 3.05) is 39.4 Å². The monoisotopic (exact) mass is 415 g/mol. The van der Waals surface area contributed by atoms with Crippen molar-refractivity contribution in [2.24, 2.45) is 0 Å². The van der Waals surface area contributed by atoms with Gasteiger partial charge in [-0.2, -0.15) is 0 Å². The smallest absolute Gasteiger partial charge is 0.273 e. The van der Waals surface area contributed by atoms with Crippen molar-refractivity contribution < 1.29 is 14.3 Å². The minimum atomic E-state index is -0.330. The van der Waals surface area contributed by atoms with Crippen molar-refractivity contribution in [3.8, 4) is 17.1 Å². The SMILES string of the molecule is CC(C)Oc1ccc(-c2nnc(CCC(=O)NCCN3CCOCC3)c(=O)[nH]2)cc1. The lowest BCUT2D eigenvalue weighted by molar-refractivity contribution is -0.121. The molecule has 30 heavy (non-hydrogen) atoms. The number of hydrogen-bond donors (Lipinski definition) is 2. The summed E-state index contributed by atoms with van der Waals surface area (Å²) in [5.74, 6) is 1.03. The molecule has 1 amide bonds. The summed E-state index contributed by atoms with van der Waals surface area (Å²) in [6, 6.07) is 7.29. The fraction of sp³-hybridized carbons (Fsp3) is 0.524. The molecule has 2 aromatic rings. The number of morpholine rings is 1. The summed E-state index contributed by atoms with van der Waals surface area (Å²) < 4.78 is 10.9. The van der Waals surface area contributed by atoms with Gasteiger partial charge >= 0.3 is 0 Å². The summed E-state index contributed by atoms with van der Waals surface area (Å²) in [7, 11) is 0. The largest absolute Gasteiger partial charge is 0.491 e. The number of carbonyl (C=O) groups excluding carboxylic acids is 1. The van der Waals surface area contributed by atoms with Crippen LogP contribution in [-0.2, 0) is 16.0 Å². The molecule has 1 fully saturated rings. The van der Waals surface area contributed by atoms with Crippen LogP contribution in [0.4, 0.5) is 0 Å². The van der Waals surface area contributed by atoms with Gasteiger partial charge in [0, 0.05) is 44.6 Å². The Morgan fingerprint density at radius 2 is 1.97 bits per heavy atom. The average Bonchev–Trinajstić information content (AvgIpc) is 2.74. The highest BCUT2D eigenvalue weighted by Gasteiger charge is 2.12. The number of aryl methyl sites for hydroxylation is 1. The molecular weight excluding hydrogens is 386 g/mol. The molecule has 1 aromatic carbocycles. The molecular formula is C21H29N5O4. The summed E-state index contributed by atoms with van der Waals surface area (Å²) >= 11 is 0. The molecule has 1 aliphatic heterocycles. The van der Waals surface area contributed by atoms with Crippen LogP contribution in [0, 0.1) is 0 Å². The lowest BCUT2D eigenvalue weighted by atomic mass is 10.2. The molecule has 9 nitrogen and oxygen atoms in total. The van der Waals surface area contributed by atoms with Gasteiger partial charge in [0.25, 0.3) is 5.56 Å². The molecule has 0 aliphatic carbocycles. The molecule has 3 rings (SSSR count). The fourth-order valence-electron chi connectivity index (χ4n) is 3.12. The third kappa shape index (κ3) is 6.64. The van der Waals surface area contributed by atoms with Gasteiger partial charge in [0.1, 0.15) is 11.4 Å². The number of nitrogens with zero attached hydrogens (tertiary/aromatic N) is 3. The maximum atomic E-state index is 12.3. The number of hydrogen-bond acceptors (Lipinski definition) is 7. The van der Waals surface area contributed by atoms with Crippen LogP contribution in [0.3, 0.4) is 0 Å². The molecule has 0 atom stereocenters. The Bertz CT molecular complexity index is 876. The van der Waals surface area contributed by atoms with Crippen LogP contribution in [0.1, 0.15) is 26.0 Å². The Labute approximate surface area is 175 Å². The Kier molecular flexibility index (Phi) is 7.92. The third-order valence-electron chi connectivity index (χ3n) is 4.71. The van der Waals surface area contributed by atoms with Crippen molar-refractivity contribution in [3.63, 3.8) is 0 Å². The Morgan fingerprint density at radius 3 is 2.63 bits per heavy atom. The summed E-state index contributed by atoms with van der Waals surface area (Å²) in [6.07, 6.45) is 0.528. The first-order valence-electron chi connectivity index (χ1n) is 10.3. The van der Waals surface area contributed by atoms with Crippen molar-refractivity contribution in [1.29, 1.82) is 0 Å². The summed E-state index contributed by atoms with van der Waals surface area (Å²) in [5, 5.41) is 11.0. The van der Waals surface area contributed by atoms with Crippen LogP contribution < -0.4 is 15.6 Å². The number of H-pyrrole nitrogens is 1. The van der Waals surface area contributed by atoms with E-state index >= 15 is 0 Å². The van der Waals surface area contributed by atoms with Crippen LogP contribution in [0.2, 0.25) is 0 Å². The zero-order valence-corrected chi connectivity index (χ0v) is 17.5. The number of carbonyl (C=O) groups is 1. The van der Waals surface area contributed by atoms with Crippen molar-refractivity contribution in [2.45, 2.75) is 32.8 Å². The van der Waals surface area contributed by atoms with E-state index in [9.17, 15) is 9.59 Å². The first-order valence-corrected chi connectivity index (χ1v) is 10.3. The van der Waals surface area contributed by atoms with Crippen molar-refractivity contribution in [3.05, 3.63) is 40.3 Å². The molecule has 2 heterocycles. The lowest BCUT2D eigenvalue weighted by Gasteiger charge is -2.26. The van der Waals surface area contributed by atoms with Crippen LogP contribution in [0.5, 0.6) is 5.75 Å². The number of ether oxygens (including phenoxy) is 2. The molecule has 1 saturated heterocycles. The number of amides is 1. The molecule has 1 aromatic heterocycles. The van der Waals surface area contributed by atoms with Gasteiger partial charge in [-0.3, -0.25) is 14.5 Å². The van der Waals surface area contributed by atoms with Gasteiger partial charge in [-0.15, -0.1) is 10.2 Å². The van der Waals surface area contributed by atoms with E-state index in [0.29, 0.717) is 12.4 Å². The molecule has 9 heteroatoms. The number of benzene rings is 1. The maximum absolute atomic E-state index is 12.3. The highest BCUT2D eigenvalue weighted by Crippen LogP contribution is 2.19. The fourth-order valence-corrected chi connectivity index (χ4v) is 3.12. The maximum Gasteiger partial charge on any atom is 0.273 e. The van der Waals surface area contributed by atoms with E-state index in [-0.39, 0.29) is 36.1 Å². The van der Waals surface area contributed by atoms with Crippen LogP contribution in [-0.4, -0.2) is 71.5 Å². The van der Waals surface area contributed by atoms with Gasteiger partial charge < -0.3 is 19.8 Å². The van der Waals surface area contributed by atoms with Crippen LogP contribution in [0.15, 0.2) is 29.1 Å². The van der Waals surface area contributed by atoms with Gasteiger partial charge in [0.15, 0.2) is 5.82 Å². The first kappa shape index (κ1) is 21.9. The zero-order valence-electron chi connectivity index (χ0n) is 17.5. The number of aromatic nitrogens is 3. The van der Waals surface area contributed by atoms with Gasteiger partial charge in [-0.25, -0.2) is 0 Å². The molecule has 162 valence electrons. The Balaban J connectivity index is 1.47. The summed E-state index contributed by atoms with van der Waals surface area (Å²) in [4.78, 5) is 29.4. The zero-order chi connectivity index (χ0) is 21.3. The van der Waals surface area contributed by atoms with Gasteiger partial charge in [-0.05, 0) is 38.1 Å². The minimum Gasteiger partial charge on any atom is -0.491 e. The van der Waals surface area contributed by atoms with E-state index in [4.69, 9.17) is 9.47 Å². The number of rotatable bonds is 9. The molecule has 0 saturated carbocycles. The molecule has 1 aliphatic rings. The third-order valence-corrected chi connectivity index (χ3v) is 4.71. The second kappa shape index (κ2) is 10.8. The predicted molar refractivity (Wildman–Crippen MR) is 112 cm³/mol. The highest BCUT2D eigenvalue weighted by atomic mass is 16.5. The second-order valence-corrected chi connectivity index (χ2v) is 7.44. The van der Waals surface area contributed by atoms with Crippen LogP contribution in [0.25, 0.3) is 11.4 Å². The summed E-state index contributed by atoms with van der Waals surface area (Å²) in [6.45, 7) is 8.55. The van der Waals surface area contributed by atoms with Gasteiger partial charge in [0.05, 0.1) is 19.3 Å². The average molecular weight is 415 g/mol. The van der Waals surface area contributed by atoms with Crippen molar-refractivity contribution in [1.82, 2.24) is 25.4 Å². The lowest BCUT2D eigenvalue weighted by Crippen LogP contribution is -2.41. The van der Waals surface area contributed by atoms with Gasteiger partial charge in [-0.1, -0.05) is 0 Å². The number of nitrogens with one attached hydrogen (secondary N) is 2. The number of aromatic amines is 1. The first-order chi connectivity index (χ1) is 14.5. The van der Waals surface area contributed by atoms with E-state index in [1.807, 2.05) is 38.1 Å². The Hall–Kier alpha value is -2.78. The van der Waals surface area contributed by atoms with E-state index in [2.05, 4.69) is 25.4 Å². The van der Waals surface area contributed by atoms with E-state index < -0.39 is 0 Å². The quantitative estimate of drug-likeness (QED) is 0.629. The molecule has 0 bridgehead atoms. The van der Waals surface area contributed by atoms with Crippen LogP contribution >= 0.6 is 0 Å². The molecule has 2 N–H and O–H groups in total. The molecule has 0 spiro atoms. The highest BCUT2D eigenvalue weighted by molar-refractivity contribution is 5.76. The minimum absolute atomic E-state index is 0.0892. The Morgan fingerprint density at radius 1 is 1.23 bits per heavy atom. The predicted octanol–water partition coefficient (Wildman–Crippen LogP) is 1.00. The summed E-state index contributed by atoms with van der Waals surface area (Å²) in [5.41, 5.74) is 0.661. The van der Waals surface area contributed by atoms with Gasteiger partial charge in [0.2, 0.25) is 5.91 Å². The molecule has 0 radical (unpaired) electrons. The molecule has 0 unspecified atom stereocenters. The van der Waals surface area contributed by atoms with E-state index in [0.717, 1.165) is 44.2 Å². The van der Waals surface area contributed by atoms with E-state index in [1.165, 1.54) is 0 Å². The van der Waals surface area contributed by atoms with Crippen molar-refractivity contribution >= 4 is 5.91 Å². The topological polar surface area (TPSA) is 109 Å². The standard InChI is InChI=1S/C21H29N5O4/c1-15(2)30-17-5-3-16(4-6-17)20-23-21(28)18(24-25-20)7-8-19(27)22-9-10-26-11-13-29-14-12-26/h3-6,15H,7-14H2,1-2H3,(H,22,27)(H,23,25,28). The van der Waals surface area contributed by atoms with E-state index in [1.54, 1.807) is 0 Å².